The lowest BCUT2D eigenvalue weighted by molar-refractivity contribution is -0.644. The topological polar surface area (TPSA) is 100 Å². The van der Waals surface area contributed by atoms with E-state index in [1.807, 2.05) is 75.0 Å². The number of pyridine rings is 2. The third kappa shape index (κ3) is 4.71. The van der Waals surface area contributed by atoms with Crippen molar-refractivity contribution in [1.82, 2.24) is 29.4 Å². The predicted molar refractivity (Wildman–Crippen MR) is 152 cm³/mol. The molecule has 0 aliphatic carbocycles. The van der Waals surface area contributed by atoms with Gasteiger partial charge >= 0.3 is 0 Å². The third-order valence-electron chi connectivity index (χ3n) is 7.45. The highest BCUT2D eigenvalue weighted by Gasteiger charge is 2.25. The summed E-state index contributed by atoms with van der Waals surface area (Å²) in [5.41, 5.74) is 6.32. The lowest BCUT2D eigenvalue weighted by Gasteiger charge is -2.27. The summed E-state index contributed by atoms with van der Waals surface area (Å²) in [6.07, 6.45) is 4.31. The Kier molecular flexibility index (Phi) is 6.77. The minimum absolute atomic E-state index is 0.00727. The van der Waals surface area contributed by atoms with Crippen LogP contribution in [0.5, 0.6) is 0 Å². The van der Waals surface area contributed by atoms with Crippen molar-refractivity contribution in [3.8, 4) is 0 Å². The fraction of sp³-hybridized carbons (Fsp3) is 0.300. The van der Waals surface area contributed by atoms with Gasteiger partial charge in [0.1, 0.15) is 6.20 Å². The zero-order valence-corrected chi connectivity index (χ0v) is 23.0. The molecule has 0 spiro atoms. The number of nitrogens with zero attached hydrogens (tertiary/aromatic N) is 6. The van der Waals surface area contributed by atoms with Crippen LogP contribution in [0.25, 0.3) is 16.6 Å². The molecule has 0 saturated carbocycles. The van der Waals surface area contributed by atoms with Gasteiger partial charge in [0, 0.05) is 43.3 Å². The smallest absolute Gasteiger partial charge is 0.299 e. The number of piperazine rings is 1. The zero-order valence-electron chi connectivity index (χ0n) is 23.0. The van der Waals surface area contributed by atoms with E-state index >= 15 is 0 Å². The second-order valence-electron chi connectivity index (χ2n) is 10.2. The van der Waals surface area contributed by atoms with E-state index in [1.165, 1.54) is 0 Å². The summed E-state index contributed by atoms with van der Waals surface area (Å²) in [5.74, 6) is -0.229. The number of amides is 2. The minimum Gasteiger partial charge on any atom is -0.336 e. The fourth-order valence-corrected chi connectivity index (χ4v) is 5.43. The maximum absolute atomic E-state index is 13.6. The Balaban J connectivity index is 1.31. The van der Waals surface area contributed by atoms with E-state index in [-0.39, 0.29) is 11.8 Å². The van der Waals surface area contributed by atoms with E-state index in [0.717, 1.165) is 53.1 Å². The number of anilines is 1. The molecular formula is C30H33N8O2+. The number of fused-ring (bicyclic) bond motifs is 2. The lowest BCUT2D eigenvalue weighted by Crippen LogP contribution is -2.46. The number of aromatic nitrogens is 5. The summed E-state index contributed by atoms with van der Waals surface area (Å²) < 4.78 is 5.64. The molecule has 4 aromatic heterocycles. The molecule has 1 fully saturated rings. The highest BCUT2D eigenvalue weighted by molar-refractivity contribution is 6.08. The molecule has 1 aromatic carbocycles. The quantitative estimate of drug-likeness (QED) is 0.325. The van der Waals surface area contributed by atoms with Crippen LogP contribution in [0.3, 0.4) is 0 Å². The van der Waals surface area contributed by atoms with Crippen molar-refractivity contribution >= 4 is 34.1 Å². The number of hydrogen-bond donors (Lipinski definition) is 2. The van der Waals surface area contributed by atoms with Crippen LogP contribution in [0.4, 0.5) is 5.69 Å². The molecule has 10 nitrogen and oxygen atoms in total. The van der Waals surface area contributed by atoms with E-state index in [9.17, 15) is 9.59 Å². The van der Waals surface area contributed by atoms with Gasteiger partial charge in [-0.05, 0) is 43.7 Å². The molecule has 2 amide bonds. The SMILES string of the molecule is CCc1nn(Cc2cccc(C)n2)c2cccc(NC(=O)c3c[n+](C)c4cc(C(=O)N5CCNCC5)ccn34)c12. The molecule has 1 saturated heterocycles. The summed E-state index contributed by atoms with van der Waals surface area (Å²) in [6.45, 7) is 7.56. The van der Waals surface area contributed by atoms with Crippen LogP contribution in [-0.4, -0.2) is 62.1 Å². The van der Waals surface area contributed by atoms with Gasteiger partial charge in [-0.25, -0.2) is 4.57 Å². The van der Waals surface area contributed by atoms with Crippen molar-refractivity contribution in [3.05, 3.63) is 89.3 Å². The van der Waals surface area contributed by atoms with Crippen molar-refractivity contribution in [2.75, 3.05) is 31.5 Å². The van der Waals surface area contributed by atoms with Crippen molar-refractivity contribution in [2.24, 2.45) is 7.05 Å². The predicted octanol–water partition coefficient (Wildman–Crippen LogP) is 2.73. The number of nitrogens with one attached hydrogen (secondary N) is 2. The van der Waals surface area contributed by atoms with Crippen LogP contribution in [0, 0.1) is 6.92 Å². The van der Waals surface area contributed by atoms with Crippen molar-refractivity contribution in [3.63, 3.8) is 0 Å². The summed E-state index contributed by atoms with van der Waals surface area (Å²) >= 11 is 0. The Morgan fingerprint density at radius 3 is 2.67 bits per heavy atom. The van der Waals surface area contributed by atoms with Crippen LogP contribution in [-0.2, 0) is 20.0 Å². The van der Waals surface area contributed by atoms with E-state index in [1.54, 1.807) is 18.5 Å². The highest BCUT2D eigenvalue weighted by Crippen LogP contribution is 2.28. The molecule has 2 N–H and O–H groups in total. The number of imidazole rings is 1. The standard InChI is InChI=1S/C30H32N8O2/c1-4-23-28-24(9-6-10-25(28)38(34-23)18-22-8-5-7-20(2)32-22)33-29(39)26-19-35(3)27-17-21(11-14-37(26)27)30(40)36-15-12-31-13-16-36/h5-11,14,17,19,31H,4,12-13,15-16,18H2,1-3H3/p+1. The molecule has 5 aromatic rings. The van der Waals surface area contributed by atoms with Gasteiger partial charge in [0.25, 0.3) is 17.5 Å². The molecule has 1 aliphatic rings. The number of benzene rings is 1. The van der Waals surface area contributed by atoms with Gasteiger partial charge in [0.05, 0.1) is 47.9 Å². The number of carbonyl (C=O) groups is 2. The summed E-state index contributed by atoms with van der Waals surface area (Å²) in [7, 11) is 1.88. The number of carbonyl (C=O) groups excluding carboxylic acids is 2. The average molecular weight is 538 g/mol. The van der Waals surface area contributed by atoms with Crippen LogP contribution in [0.1, 0.15) is 44.9 Å². The van der Waals surface area contributed by atoms with Crippen LogP contribution in [0.2, 0.25) is 0 Å². The van der Waals surface area contributed by atoms with Gasteiger partial charge in [-0.3, -0.25) is 19.3 Å². The molecule has 0 radical (unpaired) electrons. The Morgan fingerprint density at radius 1 is 1.10 bits per heavy atom. The number of rotatable bonds is 6. The molecule has 40 heavy (non-hydrogen) atoms. The van der Waals surface area contributed by atoms with E-state index in [4.69, 9.17) is 5.10 Å². The largest absolute Gasteiger partial charge is 0.336 e. The van der Waals surface area contributed by atoms with Gasteiger partial charge in [0.15, 0.2) is 0 Å². The molecule has 0 atom stereocenters. The minimum atomic E-state index is -0.237. The number of hydrogen-bond acceptors (Lipinski definition) is 5. The normalized spacial score (nSPS) is 13.7. The molecule has 5 heterocycles. The Bertz CT molecular complexity index is 1750. The maximum Gasteiger partial charge on any atom is 0.299 e. The van der Waals surface area contributed by atoms with Gasteiger partial charge in [-0.1, -0.05) is 19.1 Å². The molecule has 204 valence electrons. The van der Waals surface area contributed by atoms with Crippen molar-refractivity contribution < 1.29 is 14.2 Å². The molecule has 6 rings (SSSR count). The lowest BCUT2D eigenvalue weighted by atomic mass is 10.1. The highest BCUT2D eigenvalue weighted by atomic mass is 16.2. The maximum atomic E-state index is 13.6. The molecule has 1 aliphatic heterocycles. The average Bonchev–Trinajstić information content (AvgIpc) is 3.50. The Morgan fingerprint density at radius 2 is 1.90 bits per heavy atom. The first kappa shape index (κ1) is 25.7. The number of aryl methyl sites for hydroxylation is 3. The second-order valence-corrected chi connectivity index (χ2v) is 10.2. The van der Waals surface area contributed by atoms with Gasteiger partial charge in [-0.2, -0.15) is 9.50 Å². The molecule has 10 heteroatoms. The monoisotopic (exact) mass is 537 g/mol. The molecule has 0 bridgehead atoms. The van der Waals surface area contributed by atoms with Crippen molar-refractivity contribution in [2.45, 2.75) is 26.8 Å². The van der Waals surface area contributed by atoms with Gasteiger partial charge < -0.3 is 15.5 Å². The zero-order chi connectivity index (χ0) is 27.8. The first-order valence-corrected chi connectivity index (χ1v) is 13.7. The van der Waals surface area contributed by atoms with E-state index in [2.05, 4.69) is 22.5 Å². The van der Waals surface area contributed by atoms with Crippen LogP contribution >= 0.6 is 0 Å². The third-order valence-corrected chi connectivity index (χ3v) is 7.45. The fourth-order valence-electron chi connectivity index (χ4n) is 5.43. The molecular weight excluding hydrogens is 504 g/mol. The van der Waals surface area contributed by atoms with Gasteiger partial charge in [0.2, 0.25) is 5.69 Å². The summed E-state index contributed by atoms with van der Waals surface area (Å²) in [4.78, 5) is 33.2. The van der Waals surface area contributed by atoms with E-state index in [0.29, 0.717) is 36.6 Å². The van der Waals surface area contributed by atoms with Gasteiger partial charge in [-0.15, -0.1) is 0 Å². The first-order chi connectivity index (χ1) is 19.4. The van der Waals surface area contributed by atoms with E-state index < -0.39 is 0 Å². The Labute approximate surface area is 232 Å². The Hall–Kier alpha value is -4.57. The van der Waals surface area contributed by atoms with Crippen molar-refractivity contribution in [1.29, 1.82) is 0 Å². The first-order valence-electron chi connectivity index (χ1n) is 13.7. The molecule has 0 unspecified atom stereocenters. The van der Waals surface area contributed by atoms with Crippen LogP contribution < -0.4 is 15.2 Å². The summed E-state index contributed by atoms with van der Waals surface area (Å²) in [5, 5.41) is 12.2. The second kappa shape index (κ2) is 10.5. The van der Waals surface area contributed by atoms with Crippen LogP contribution in [0.15, 0.2) is 60.9 Å². The summed E-state index contributed by atoms with van der Waals surface area (Å²) in [6, 6.07) is 15.5.